The van der Waals surface area contributed by atoms with Crippen LogP contribution in [0.1, 0.15) is 49.1 Å². The first-order valence-electron chi connectivity index (χ1n) is 12.4. The minimum Gasteiger partial charge on any atom is -0.331 e. The zero-order chi connectivity index (χ0) is 25.0. The quantitative estimate of drug-likeness (QED) is 0.496. The van der Waals surface area contributed by atoms with Gasteiger partial charge in [-0.25, -0.2) is 4.68 Å². The van der Waals surface area contributed by atoms with E-state index in [1.807, 2.05) is 59.1 Å². The number of carbonyl (C=O) groups is 1. The van der Waals surface area contributed by atoms with Gasteiger partial charge in [0.25, 0.3) is 5.91 Å². The van der Waals surface area contributed by atoms with E-state index in [0.717, 1.165) is 56.2 Å². The van der Waals surface area contributed by atoms with Crippen molar-refractivity contribution >= 4 is 5.91 Å². The zero-order valence-corrected chi connectivity index (χ0v) is 21.7. The van der Waals surface area contributed by atoms with Crippen LogP contribution in [-0.2, 0) is 12.1 Å². The summed E-state index contributed by atoms with van der Waals surface area (Å²) in [4.78, 5) is 20.6. The van der Waals surface area contributed by atoms with Crippen molar-refractivity contribution in [1.82, 2.24) is 39.5 Å². The van der Waals surface area contributed by atoms with Crippen LogP contribution in [0, 0.1) is 6.92 Å². The SMILES string of the molecule is Cc1cc(C(=O)N(CCCN2CCN(C)CC2)Cc2cn(-c3ccccc3)nn2)n(C(C)(C)C)n1. The lowest BCUT2D eigenvalue weighted by Crippen LogP contribution is -2.45. The zero-order valence-electron chi connectivity index (χ0n) is 21.7. The predicted molar refractivity (Wildman–Crippen MR) is 137 cm³/mol. The fourth-order valence-corrected chi connectivity index (χ4v) is 4.41. The largest absolute Gasteiger partial charge is 0.331 e. The highest BCUT2D eigenvalue weighted by atomic mass is 16.2. The normalized spacial score (nSPS) is 15.5. The second-order valence-corrected chi connectivity index (χ2v) is 10.5. The van der Waals surface area contributed by atoms with Crippen LogP contribution in [0.5, 0.6) is 0 Å². The van der Waals surface area contributed by atoms with Crippen LogP contribution in [0.15, 0.2) is 42.6 Å². The average Bonchev–Trinajstić information content (AvgIpc) is 3.46. The molecular formula is C26H38N8O. The Bertz CT molecular complexity index is 1110. The molecule has 1 saturated heterocycles. The van der Waals surface area contributed by atoms with E-state index in [1.165, 1.54) is 0 Å². The Morgan fingerprint density at radius 3 is 2.49 bits per heavy atom. The molecule has 188 valence electrons. The molecular weight excluding hydrogens is 440 g/mol. The molecule has 4 rings (SSSR count). The summed E-state index contributed by atoms with van der Waals surface area (Å²) < 4.78 is 3.60. The van der Waals surface area contributed by atoms with Gasteiger partial charge in [0.1, 0.15) is 11.4 Å². The van der Waals surface area contributed by atoms with Crippen molar-refractivity contribution in [1.29, 1.82) is 0 Å². The lowest BCUT2D eigenvalue weighted by atomic mass is 10.1. The number of rotatable bonds is 8. The van der Waals surface area contributed by atoms with Gasteiger partial charge in [-0.3, -0.25) is 9.48 Å². The van der Waals surface area contributed by atoms with Crippen molar-refractivity contribution in [3.63, 3.8) is 0 Å². The number of aryl methyl sites for hydroxylation is 1. The summed E-state index contributed by atoms with van der Waals surface area (Å²) in [5.41, 5.74) is 2.88. The van der Waals surface area contributed by atoms with Crippen LogP contribution in [0.3, 0.4) is 0 Å². The van der Waals surface area contributed by atoms with E-state index >= 15 is 0 Å². The fourth-order valence-electron chi connectivity index (χ4n) is 4.41. The van der Waals surface area contributed by atoms with E-state index in [1.54, 1.807) is 4.68 Å². The molecule has 0 saturated carbocycles. The number of benzene rings is 1. The smallest absolute Gasteiger partial charge is 0.272 e. The Morgan fingerprint density at radius 1 is 1.09 bits per heavy atom. The van der Waals surface area contributed by atoms with Crippen molar-refractivity contribution in [2.45, 2.75) is 46.2 Å². The molecule has 0 unspecified atom stereocenters. The minimum absolute atomic E-state index is 0.0202. The van der Waals surface area contributed by atoms with Gasteiger partial charge in [-0.1, -0.05) is 23.4 Å². The fraction of sp³-hybridized carbons (Fsp3) is 0.538. The third kappa shape index (κ3) is 6.35. The summed E-state index contributed by atoms with van der Waals surface area (Å²) in [5, 5.41) is 13.3. The highest BCUT2D eigenvalue weighted by Gasteiger charge is 2.27. The number of aromatic nitrogens is 5. The molecule has 0 radical (unpaired) electrons. The number of hydrogen-bond acceptors (Lipinski definition) is 6. The molecule has 1 aliphatic heterocycles. The van der Waals surface area contributed by atoms with E-state index in [0.29, 0.717) is 18.8 Å². The molecule has 0 bridgehead atoms. The maximum absolute atomic E-state index is 13.8. The molecule has 0 atom stereocenters. The molecule has 1 fully saturated rings. The van der Waals surface area contributed by atoms with Gasteiger partial charge < -0.3 is 14.7 Å². The average molecular weight is 479 g/mol. The summed E-state index contributed by atoms with van der Waals surface area (Å²) >= 11 is 0. The maximum atomic E-state index is 13.8. The topological polar surface area (TPSA) is 75.3 Å². The molecule has 2 aromatic heterocycles. The van der Waals surface area contributed by atoms with E-state index in [2.05, 4.69) is 53.0 Å². The first-order chi connectivity index (χ1) is 16.7. The van der Waals surface area contributed by atoms with Gasteiger partial charge in [-0.2, -0.15) is 5.10 Å². The van der Waals surface area contributed by atoms with E-state index in [9.17, 15) is 4.79 Å². The molecule has 0 aliphatic carbocycles. The molecule has 1 amide bonds. The first kappa shape index (κ1) is 25.1. The van der Waals surface area contributed by atoms with Crippen molar-refractivity contribution in [2.24, 2.45) is 0 Å². The second kappa shape index (κ2) is 10.7. The van der Waals surface area contributed by atoms with Crippen molar-refractivity contribution in [3.05, 3.63) is 59.7 Å². The summed E-state index contributed by atoms with van der Waals surface area (Å²) in [6, 6.07) is 11.8. The van der Waals surface area contributed by atoms with Crippen molar-refractivity contribution in [3.8, 4) is 5.69 Å². The van der Waals surface area contributed by atoms with Gasteiger partial charge in [0, 0.05) is 32.7 Å². The standard InChI is InChI=1S/C26H38N8O/c1-21-18-24(34(28-21)26(2,3)4)25(35)32(13-9-12-31-16-14-30(5)15-17-31)19-22-20-33(29-27-22)23-10-7-6-8-11-23/h6-8,10-11,18,20H,9,12-17,19H2,1-5H3. The number of hydrogen-bond donors (Lipinski definition) is 0. The summed E-state index contributed by atoms with van der Waals surface area (Å²) in [5.74, 6) is -0.0202. The molecule has 1 aromatic carbocycles. The number of piperazine rings is 1. The van der Waals surface area contributed by atoms with Gasteiger partial charge in [0.05, 0.1) is 29.7 Å². The van der Waals surface area contributed by atoms with E-state index in [4.69, 9.17) is 0 Å². The Kier molecular flexibility index (Phi) is 7.66. The highest BCUT2D eigenvalue weighted by Crippen LogP contribution is 2.20. The molecule has 0 N–H and O–H groups in total. The van der Waals surface area contributed by atoms with E-state index in [-0.39, 0.29) is 11.4 Å². The maximum Gasteiger partial charge on any atom is 0.272 e. The first-order valence-corrected chi connectivity index (χ1v) is 12.4. The highest BCUT2D eigenvalue weighted by molar-refractivity contribution is 5.92. The van der Waals surface area contributed by atoms with Gasteiger partial charge in [0.15, 0.2) is 0 Å². The summed E-state index contributed by atoms with van der Waals surface area (Å²) in [6.07, 6.45) is 2.81. The summed E-state index contributed by atoms with van der Waals surface area (Å²) in [7, 11) is 2.17. The molecule has 3 heterocycles. The Labute approximate surface area is 208 Å². The second-order valence-electron chi connectivity index (χ2n) is 10.5. The van der Waals surface area contributed by atoms with Crippen molar-refractivity contribution in [2.75, 3.05) is 46.3 Å². The van der Waals surface area contributed by atoms with Gasteiger partial charge in [-0.05, 0) is 65.9 Å². The van der Waals surface area contributed by atoms with Crippen LogP contribution in [0.4, 0.5) is 0 Å². The molecule has 3 aromatic rings. The van der Waals surface area contributed by atoms with Crippen LogP contribution >= 0.6 is 0 Å². The lowest BCUT2D eigenvalue weighted by molar-refractivity contribution is 0.0706. The Morgan fingerprint density at radius 2 is 1.80 bits per heavy atom. The van der Waals surface area contributed by atoms with E-state index < -0.39 is 0 Å². The third-order valence-electron chi connectivity index (χ3n) is 6.39. The number of nitrogens with zero attached hydrogens (tertiary/aromatic N) is 8. The summed E-state index contributed by atoms with van der Waals surface area (Å²) in [6.45, 7) is 14.5. The molecule has 9 heteroatoms. The number of likely N-dealkylation sites (N-methyl/N-ethyl adjacent to an activating group) is 1. The molecule has 35 heavy (non-hydrogen) atoms. The minimum atomic E-state index is -0.290. The number of para-hydroxylation sites is 1. The molecule has 9 nitrogen and oxygen atoms in total. The number of amides is 1. The van der Waals surface area contributed by atoms with Crippen LogP contribution in [0.2, 0.25) is 0 Å². The van der Waals surface area contributed by atoms with Crippen LogP contribution in [-0.4, -0.2) is 91.7 Å². The Hall–Kier alpha value is -3.04. The van der Waals surface area contributed by atoms with Gasteiger partial charge in [0.2, 0.25) is 0 Å². The van der Waals surface area contributed by atoms with Crippen LogP contribution < -0.4 is 0 Å². The predicted octanol–water partition coefficient (Wildman–Crippen LogP) is 2.81. The monoisotopic (exact) mass is 478 g/mol. The third-order valence-corrected chi connectivity index (χ3v) is 6.39. The Balaban J connectivity index is 1.52. The molecule has 0 spiro atoms. The molecule has 1 aliphatic rings. The van der Waals surface area contributed by atoms with Gasteiger partial charge >= 0.3 is 0 Å². The number of carbonyl (C=O) groups excluding carboxylic acids is 1. The lowest BCUT2D eigenvalue weighted by Gasteiger charge is -2.33. The van der Waals surface area contributed by atoms with Crippen molar-refractivity contribution < 1.29 is 4.79 Å². The van der Waals surface area contributed by atoms with Crippen LogP contribution in [0.25, 0.3) is 5.69 Å². The van der Waals surface area contributed by atoms with Gasteiger partial charge in [-0.15, -0.1) is 5.10 Å².